The number of pyridine rings is 1. The minimum Gasteiger partial charge on any atom is -0.342 e. The van der Waals surface area contributed by atoms with E-state index in [9.17, 15) is 4.79 Å². The molecule has 0 bridgehead atoms. The van der Waals surface area contributed by atoms with Crippen LogP contribution in [0, 0.1) is 22.7 Å². The largest absolute Gasteiger partial charge is 0.342 e. The van der Waals surface area contributed by atoms with Gasteiger partial charge in [-0.2, -0.15) is 0 Å². The molecule has 3 aliphatic rings. The molecule has 2 atom stereocenters. The summed E-state index contributed by atoms with van der Waals surface area (Å²) < 4.78 is 0. The summed E-state index contributed by atoms with van der Waals surface area (Å²) in [7, 11) is 0. The standard InChI is InChI=1S/C26H37N3O/c1-5-20-9-12-27-17-21(20)8-6-7-19(2)28-18-22-15-26(22)10-13-29(14-11-26)24(30)23-16-25(23,3)4/h6,8-9,12,17,22-23H,5,7,10-11,13-16,18H2,1-4H3/b8-6+,28-19?. The molecule has 3 fully saturated rings. The van der Waals surface area contributed by atoms with Crippen molar-refractivity contribution in [1.29, 1.82) is 0 Å². The highest BCUT2D eigenvalue weighted by Crippen LogP contribution is 2.60. The van der Waals surface area contributed by atoms with Crippen molar-refractivity contribution >= 4 is 17.7 Å². The monoisotopic (exact) mass is 407 g/mol. The molecule has 1 saturated heterocycles. The van der Waals surface area contributed by atoms with E-state index < -0.39 is 0 Å². The van der Waals surface area contributed by atoms with Crippen LogP contribution in [-0.4, -0.2) is 41.1 Å². The van der Waals surface area contributed by atoms with Gasteiger partial charge >= 0.3 is 0 Å². The number of aromatic nitrogens is 1. The number of allylic oxidation sites excluding steroid dienone is 1. The molecule has 1 aromatic rings. The lowest BCUT2D eigenvalue weighted by molar-refractivity contribution is -0.135. The van der Waals surface area contributed by atoms with Gasteiger partial charge in [-0.3, -0.25) is 14.8 Å². The molecule has 4 rings (SSSR count). The Morgan fingerprint density at radius 3 is 2.70 bits per heavy atom. The third-order valence-corrected chi connectivity index (χ3v) is 7.86. The number of carbonyl (C=O) groups excluding carboxylic acids is 1. The van der Waals surface area contributed by atoms with Gasteiger partial charge in [0.2, 0.25) is 5.91 Å². The molecule has 30 heavy (non-hydrogen) atoms. The molecule has 0 N–H and O–H groups in total. The van der Waals surface area contributed by atoms with E-state index >= 15 is 0 Å². The second-order valence-electron chi connectivity index (χ2n) is 10.4. The zero-order valence-corrected chi connectivity index (χ0v) is 19.2. The van der Waals surface area contributed by atoms with Crippen molar-refractivity contribution in [1.82, 2.24) is 9.88 Å². The number of likely N-dealkylation sites (tertiary alicyclic amines) is 1. The van der Waals surface area contributed by atoms with Crippen molar-refractivity contribution in [3.05, 3.63) is 35.7 Å². The number of piperidine rings is 1. The number of hydrogen-bond acceptors (Lipinski definition) is 3. The van der Waals surface area contributed by atoms with Crippen LogP contribution in [0.1, 0.15) is 70.9 Å². The molecule has 162 valence electrons. The van der Waals surface area contributed by atoms with E-state index in [2.05, 4.69) is 55.8 Å². The number of hydrogen-bond donors (Lipinski definition) is 0. The van der Waals surface area contributed by atoms with Gasteiger partial charge < -0.3 is 4.90 Å². The Labute approximate surface area is 181 Å². The predicted octanol–water partition coefficient (Wildman–Crippen LogP) is 5.18. The Balaban J connectivity index is 1.21. The number of aliphatic imine (C=N–C) groups is 1. The smallest absolute Gasteiger partial charge is 0.226 e. The van der Waals surface area contributed by atoms with E-state index in [1.165, 1.54) is 36.1 Å². The zero-order chi connectivity index (χ0) is 21.4. The lowest BCUT2D eigenvalue weighted by Gasteiger charge is -2.33. The number of carbonyl (C=O) groups is 1. The van der Waals surface area contributed by atoms with Gasteiger partial charge in [-0.1, -0.05) is 32.9 Å². The summed E-state index contributed by atoms with van der Waals surface area (Å²) >= 11 is 0. The lowest BCUT2D eigenvalue weighted by atomic mass is 9.90. The van der Waals surface area contributed by atoms with Crippen molar-refractivity contribution in [3.8, 4) is 0 Å². The highest BCUT2D eigenvalue weighted by molar-refractivity contribution is 5.84. The van der Waals surface area contributed by atoms with Crippen LogP contribution in [-0.2, 0) is 11.2 Å². The van der Waals surface area contributed by atoms with Crippen molar-refractivity contribution < 1.29 is 4.79 Å². The van der Waals surface area contributed by atoms with E-state index in [-0.39, 0.29) is 11.3 Å². The second-order valence-corrected chi connectivity index (χ2v) is 10.4. The maximum Gasteiger partial charge on any atom is 0.226 e. The van der Waals surface area contributed by atoms with Gasteiger partial charge in [0.1, 0.15) is 0 Å². The predicted molar refractivity (Wildman–Crippen MR) is 123 cm³/mol. The first-order valence-electron chi connectivity index (χ1n) is 11.7. The Morgan fingerprint density at radius 1 is 1.30 bits per heavy atom. The number of aryl methyl sites for hydroxylation is 1. The molecule has 4 heteroatoms. The van der Waals surface area contributed by atoms with Gasteiger partial charge in [-0.25, -0.2) is 0 Å². The molecule has 2 heterocycles. The van der Waals surface area contributed by atoms with E-state index in [0.29, 0.717) is 11.3 Å². The van der Waals surface area contributed by atoms with Crippen LogP contribution in [0.25, 0.3) is 6.08 Å². The van der Waals surface area contributed by atoms with Gasteiger partial charge in [0.15, 0.2) is 0 Å². The fourth-order valence-electron chi connectivity index (χ4n) is 5.18. The van der Waals surface area contributed by atoms with E-state index in [1.807, 2.05) is 12.4 Å². The average molecular weight is 408 g/mol. The zero-order valence-electron chi connectivity index (χ0n) is 19.2. The van der Waals surface area contributed by atoms with Crippen molar-refractivity contribution in [2.45, 2.75) is 66.2 Å². The minimum atomic E-state index is 0.240. The van der Waals surface area contributed by atoms with E-state index in [4.69, 9.17) is 4.99 Å². The molecule has 0 aromatic carbocycles. The second kappa shape index (κ2) is 8.28. The maximum atomic E-state index is 12.6. The van der Waals surface area contributed by atoms with Crippen LogP contribution >= 0.6 is 0 Å². The Hall–Kier alpha value is -1.97. The Morgan fingerprint density at radius 2 is 2.03 bits per heavy atom. The van der Waals surface area contributed by atoms with Crippen LogP contribution in [0.2, 0.25) is 0 Å². The molecule has 1 aromatic heterocycles. The summed E-state index contributed by atoms with van der Waals surface area (Å²) in [5, 5.41) is 0. The molecule has 2 aliphatic carbocycles. The number of rotatable bonds is 7. The molecule has 0 radical (unpaired) electrons. The molecule has 1 amide bonds. The van der Waals surface area contributed by atoms with Crippen LogP contribution in [0.15, 0.2) is 29.5 Å². The molecule has 2 unspecified atom stereocenters. The minimum absolute atomic E-state index is 0.240. The maximum absolute atomic E-state index is 12.6. The summed E-state index contributed by atoms with van der Waals surface area (Å²) in [6.07, 6.45) is 14.8. The van der Waals surface area contributed by atoms with Gasteiger partial charge in [-0.05, 0) is 73.0 Å². The molecular formula is C26H37N3O. The average Bonchev–Trinajstić information content (AvgIpc) is 3.61. The normalized spacial score (nSPS) is 26.9. The highest BCUT2D eigenvalue weighted by Gasteiger charge is 2.57. The SMILES string of the molecule is CCc1ccncc1/C=C/CC(C)=NCC1CC12CCN(C(=O)C1CC1(C)C)CC2. The first-order chi connectivity index (χ1) is 14.3. The first kappa shape index (κ1) is 21.3. The molecule has 1 aliphatic heterocycles. The number of nitrogens with zero attached hydrogens (tertiary/aromatic N) is 3. The molecule has 4 nitrogen and oxygen atoms in total. The summed E-state index contributed by atoms with van der Waals surface area (Å²) in [5.41, 5.74) is 4.47. The number of amides is 1. The van der Waals surface area contributed by atoms with Gasteiger partial charge in [-0.15, -0.1) is 0 Å². The van der Waals surface area contributed by atoms with E-state index in [1.54, 1.807) is 0 Å². The van der Waals surface area contributed by atoms with Crippen molar-refractivity contribution in [3.63, 3.8) is 0 Å². The van der Waals surface area contributed by atoms with Crippen LogP contribution in [0.3, 0.4) is 0 Å². The quantitative estimate of drug-likeness (QED) is 0.584. The van der Waals surface area contributed by atoms with Crippen molar-refractivity contribution in [2.75, 3.05) is 19.6 Å². The highest BCUT2D eigenvalue weighted by atomic mass is 16.2. The first-order valence-corrected chi connectivity index (χ1v) is 11.7. The van der Waals surface area contributed by atoms with Gasteiger partial charge in [0, 0.05) is 50.1 Å². The summed E-state index contributed by atoms with van der Waals surface area (Å²) in [6, 6.07) is 2.09. The molecular weight excluding hydrogens is 370 g/mol. The van der Waals surface area contributed by atoms with Crippen molar-refractivity contribution in [2.24, 2.45) is 27.7 Å². The third-order valence-electron chi connectivity index (χ3n) is 7.86. The Bertz CT molecular complexity index is 846. The van der Waals surface area contributed by atoms with Gasteiger partial charge in [0.25, 0.3) is 0 Å². The third kappa shape index (κ3) is 4.53. The lowest BCUT2D eigenvalue weighted by Crippen LogP contribution is -2.41. The summed E-state index contributed by atoms with van der Waals surface area (Å²) in [6.45, 7) is 11.6. The van der Waals surface area contributed by atoms with E-state index in [0.717, 1.165) is 44.8 Å². The van der Waals surface area contributed by atoms with Gasteiger partial charge in [0.05, 0.1) is 0 Å². The Kier molecular flexibility index (Phi) is 5.87. The molecule has 1 spiro atoms. The fraction of sp³-hybridized carbons (Fsp3) is 0.654. The molecule has 2 saturated carbocycles. The van der Waals surface area contributed by atoms with Crippen LogP contribution in [0.5, 0.6) is 0 Å². The fourth-order valence-corrected chi connectivity index (χ4v) is 5.18. The topological polar surface area (TPSA) is 45.6 Å². The van der Waals surface area contributed by atoms with Crippen LogP contribution < -0.4 is 0 Å². The summed E-state index contributed by atoms with van der Waals surface area (Å²) in [5.74, 6) is 1.41. The summed E-state index contributed by atoms with van der Waals surface area (Å²) in [4.78, 5) is 23.9. The van der Waals surface area contributed by atoms with Crippen LogP contribution in [0.4, 0.5) is 0 Å².